The van der Waals surface area contributed by atoms with E-state index in [-0.39, 0.29) is 17.6 Å². The highest BCUT2D eigenvalue weighted by Gasteiger charge is 2.29. The maximum absolute atomic E-state index is 12.2. The lowest BCUT2D eigenvalue weighted by Crippen LogP contribution is -2.26. The number of carbonyl (C=O) groups is 1. The van der Waals surface area contributed by atoms with Crippen molar-refractivity contribution in [1.29, 1.82) is 0 Å². The predicted octanol–water partition coefficient (Wildman–Crippen LogP) is 2.14. The molecular formula is C15H21N3O. The number of nitrogens with one attached hydrogen (secondary N) is 2. The maximum atomic E-state index is 12.2. The normalized spacial score (nSPS) is 25.1. The van der Waals surface area contributed by atoms with E-state index in [1.165, 1.54) is 5.56 Å². The lowest BCUT2D eigenvalue weighted by atomic mass is 9.91. The Labute approximate surface area is 114 Å². The molecule has 4 heteroatoms. The van der Waals surface area contributed by atoms with Crippen LogP contribution >= 0.6 is 0 Å². The topological polar surface area (TPSA) is 53.5 Å². The van der Waals surface area contributed by atoms with Gasteiger partial charge in [0.1, 0.15) is 5.78 Å². The van der Waals surface area contributed by atoms with Crippen molar-refractivity contribution in [1.82, 2.24) is 11.0 Å². The van der Waals surface area contributed by atoms with Crippen LogP contribution in [0.4, 0.5) is 0 Å². The fourth-order valence-electron chi connectivity index (χ4n) is 2.57. The molecule has 4 nitrogen and oxygen atoms in total. The van der Waals surface area contributed by atoms with E-state index in [1.54, 1.807) is 7.05 Å². The zero-order valence-electron chi connectivity index (χ0n) is 11.9. The second-order valence-electron chi connectivity index (χ2n) is 5.24. The monoisotopic (exact) mass is 259 g/mol. The summed E-state index contributed by atoms with van der Waals surface area (Å²) in [5, 5.41) is 4.39. The Hall–Kier alpha value is -1.68. The van der Waals surface area contributed by atoms with E-state index in [9.17, 15) is 4.79 Å². The lowest BCUT2D eigenvalue weighted by molar-refractivity contribution is -0.120. The first-order chi connectivity index (χ1) is 9.04. The number of hydrazine groups is 1. The van der Waals surface area contributed by atoms with Gasteiger partial charge < -0.3 is 0 Å². The quantitative estimate of drug-likeness (QED) is 0.632. The van der Waals surface area contributed by atoms with Crippen molar-refractivity contribution in [3.05, 3.63) is 34.9 Å². The largest absolute Gasteiger partial charge is 0.299 e. The number of hydrazone groups is 1. The van der Waals surface area contributed by atoms with Gasteiger partial charge in [-0.15, -0.1) is 0 Å². The van der Waals surface area contributed by atoms with Crippen LogP contribution in [0.1, 0.15) is 42.9 Å². The van der Waals surface area contributed by atoms with Crippen molar-refractivity contribution in [2.45, 2.75) is 33.1 Å². The van der Waals surface area contributed by atoms with Crippen LogP contribution in [0.3, 0.4) is 0 Å². The Balaban J connectivity index is 2.58. The van der Waals surface area contributed by atoms with Gasteiger partial charge in [-0.05, 0) is 12.5 Å². The summed E-state index contributed by atoms with van der Waals surface area (Å²) >= 11 is 0. The van der Waals surface area contributed by atoms with Crippen LogP contribution < -0.4 is 11.0 Å². The molecule has 0 amide bonds. The van der Waals surface area contributed by atoms with Gasteiger partial charge in [0.15, 0.2) is 0 Å². The predicted molar refractivity (Wildman–Crippen MR) is 77.1 cm³/mol. The Morgan fingerprint density at radius 2 is 2.05 bits per heavy atom. The first-order valence-corrected chi connectivity index (χ1v) is 6.67. The molecule has 2 atom stereocenters. The number of fused-ring (bicyclic) bond motifs is 1. The molecule has 0 spiro atoms. The number of nitrogens with zero attached hydrogens (tertiary/aromatic N) is 1. The van der Waals surface area contributed by atoms with E-state index >= 15 is 0 Å². The minimum absolute atomic E-state index is 0.0559. The third-order valence-corrected chi connectivity index (χ3v) is 3.69. The molecule has 1 aromatic carbocycles. The van der Waals surface area contributed by atoms with Crippen molar-refractivity contribution in [2.75, 3.05) is 7.05 Å². The first kappa shape index (κ1) is 13.7. The van der Waals surface area contributed by atoms with Gasteiger partial charge in [-0.1, -0.05) is 37.6 Å². The van der Waals surface area contributed by atoms with Gasteiger partial charge in [-0.2, -0.15) is 5.10 Å². The van der Waals surface area contributed by atoms with Crippen LogP contribution in [0, 0.1) is 12.8 Å². The van der Waals surface area contributed by atoms with Crippen molar-refractivity contribution in [3.63, 3.8) is 0 Å². The molecule has 19 heavy (non-hydrogen) atoms. The van der Waals surface area contributed by atoms with Gasteiger partial charge in [0.05, 0.1) is 5.71 Å². The lowest BCUT2D eigenvalue weighted by Gasteiger charge is -2.14. The highest BCUT2D eigenvalue weighted by molar-refractivity contribution is 6.08. The number of benzene rings is 1. The van der Waals surface area contributed by atoms with E-state index in [2.05, 4.69) is 48.1 Å². The van der Waals surface area contributed by atoms with E-state index in [4.69, 9.17) is 0 Å². The third kappa shape index (κ3) is 2.68. The second kappa shape index (κ2) is 5.53. The first-order valence-electron chi connectivity index (χ1n) is 6.67. The average molecular weight is 259 g/mol. The molecule has 0 bridgehead atoms. The second-order valence-corrected chi connectivity index (χ2v) is 5.24. The molecule has 1 aromatic rings. The van der Waals surface area contributed by atoms with Crippen LogP contribution in [0.25, 0.3) is 0 Å². The number of carbonyl (C=O) groups excluding carboxylic acids is 1. The molecule has 0 heterocycles. The number of ketones is 1. The Morgan fingerprint density at radius 1 is 1.32 bits per heavy atom. The number of Topliss-reactive ketones (excluding diaryl/α,β-unsaturated/α-hetero) is 1. The van der Waals surface area contributed by atoms with Gasteiger partial charge >= 0.3 is 0 Å². The smallest absolute Gasteiger partial charge is 0.140 e. The molecular weight excluding hydrogens is 238 g/mol. The molecule has 1 unspecified atom stereocenters. The summed E-state index contributed by atoms with van der Waals surface area (Å²) in [4.78, 5) is 12.2. The van der Waals surface area contributed by atoms with Crippen molar-refractivity contribution >= 4 is 11.5 Å². The van der Waals surface area contributed by atoms with Crippen LogP contribution in [-0.4, -0.2) is 18.5 Å². The molecule has 0 aromatic heterocycles. The van der Waals surface area contributed by atoms with Gasteiger partial charge in [-0.3, -0.25) is 4.79 Å². The standard InChI is InChI=1S/C15H21N3O/c1-9-5-6-12-13(7-9)11(3)14(19)8-10(2)15(12)17-18-16-4/h5-7,10-11,16,18H,8H2,1-4H3/b17-15+/t10?,11-/m0/s1. The van der Waals surface area contributed by atoms with E-state index in [0.29, 0.717) is 6.42 Å². The molecule has 2 N–H and O–H groups in total. The van der Waals surface area contributed by atoms with Crippen molar-refractivity contribution in [3.8, 4) is 0 Å². The summed E-state index contributed by atoms with van der Waals surface area (Å²) in [5.41, 5.74) is 9.88. The molecule has 102 valence electrons. The van der Waals surface area contributed by atoms with Gasteiger partial charge in [0, 0.05) is 30.9 Å². The van der Waals surface area contributed by atoms with Gasteiger partial charge in [0.2, 0.25) is 0 Å². The van der Waals surface area contributed by atoms with E-state index in [0.717, 1.165) is 16.8 Å². The van der Waals surface area contributed by atoms with Crippen LogP contribution in [-0.2, 0) is 4.79 Å². The zero-order valence-corrected chi connectivity index (χ0v) is 11.9. The van der Waals surface area contributed by atoms with Crippen molar-refractivity contribution in [2.24, 2.45) is 11.0 Å². The Morgan fingerprint density at radius 3 is 2.74 bits per heavy atom. The highest BCUT2D eigenvalue weighted by Crippen LogP contribution is 2.31. The fourth-order valence-corrected chi connectivity index (χ4v) is 2.57. The molecule has 0 saturated carbocycles. The average Bonchev–Trinajstić information content (AvgIpc) is 2.46. The molecule has 0 saturated heterocycles. The Bertz CT molecular complexity index is 522. The molecule has 0 fully saturated rings. The minimum Gasteiger partial charge on any atom is -0.299 e. The summed E-state index contributed by atoms with van der Waals surface area (Å²) in [6, 6.07) is 6.25. The number of hydrogen-bond donors (Lipinski definition) is 2. The van der Waals surface area contributed by atoms with Gasteiger partial charge in [-0.25, -0.2) is 11.0 Å². The fraction of sp³-hybridized carbons (Fsp3) is 0.467. The van der Waals surface area contributed by atoms with Crippen LogP contribution in [0.2, 0.25) is 0 Å². The maximum Gasteiger partial charge on any atom is 0.140 e. The summed E-state index contributed by atoms with van der Waals surface area (Å²) in [6.07, 6.45) is 0.541. The minimum atomic E-state index is -0.0559. The summed E-state index contributed by atoms with van der Waals surface area (Å²) in [6.45, 7) is 6.09. The molecule has 0 aliphatic heterocycles. The molecule has 2 rings (SSSR count). The summed E-state index contributed by atoms with van der Waals surface area (Å²) in [7, 11) is 1.77. The van der Waals surface area contributed by atoms with Crippen LogP contribution in [0.5, 0.6) is 0 Å². The number of rotatable bonds is 2. The highest BCUT2D eigenvalue weighted by atomic mass is 16.1. The molecule has 0 radical (unpaired) electrons. The van der Waals surface area contributed by atoms with Gasteiger partial charge in [0.25, 0.3) is 0 Å². The number of hydrogen-bond acceptors (Lipinski definition) is 4. The van der Waals surface area contributed by atoms with Crippen molar-refractivity contribution < 1.29 is 4.79 Å². The zero-order chi connectivity index (χ0) is 14.0. The third-order valence-electron chi connectivity index (χ3n) is 3.69. The number of aryl methyl sites for hydroxylation is 1. The van der Waals surface area contributed by atoms with E-state index in [1.807, 2.05) is 6.92 Å². The van der Waals surface area contributed by atoms with E-state index < -0.39 is 0 Å². The molecule has 1 aliphatic rings. The summed E-state index contributed by atoms with van der Waals surface area (Å²) < 4.78 is 0. The summed E-state index contributed by atoms with van der Waals surface area (Å²) in [5.74, 6) is 0.355. The molecule has 1 aliphatic carbocycles. The van der Waals surface area contributed by atoms with Crippen LogP contribution in [0.15, 0.2) is 23.3 Å². The SMILES string of the molecule is CNN/N=C1/c2ccc(C)cc2[C@H](C)C(=O)CC1C. The Kier molecular flexibility index (Phi) is 4.00.